The molecule has 0 saturated heterocycles. The van der Waals surface area contributed by atoms with Gasteiger partial charge in [0.25, 0.3) is 0 Å². The molecule has 1 aromatic carbocycles. The summed E-state index contributed by atoms with van der Waals surface area (Å²) in [5, 5.41) is 32.0. The summed E-state index contributed by atoms with van der Waals surface area (Å²) < 4.78 is 0. The van der Waals surface area contributed by atoms with Gasteiger partial charge in [-0.15, -0.1) is 0 Å². The quantitative estimate of drug-likeness (QED) is 0.418. The van der Waals surface area contributed by atoms with Crippen molar-refractivity contribution in [3.05, 3.63) is 66.2 Å². The highest BCUT2D eigenvalue weighted by Gasteiger charge is 2.69. The Morgan fingerprint density at radius 1 is 0.895 bits per heavy atom. The minimum atomic E-state index is -3.35. The van der Waals surface area contributed by atoms with Gasteiger partial charge >= 0.3 is 5.79 Å². The Bertz CT molecular complexity index is 453. The van der Waals surface area contributed by atoms with Crippen molar-refractivity contribution in [3.8, 4) is 0 Å². The van der Waals surface area contributed by atoms with Gasteiger partial charge in [-0.2, -0.15) is 0 Å². The van der Waals surface area contributed by atoms with Gasteiger partial charge in [0.15, 0.2) is 21.2 Å². The normalized spacial score (nSPS) is 10.9. The molecule has 0 radical (unpaired) electrons. The molecule has 0 aliphatic heterocycles. The summed E-state index contributed by atoms with van der Waals surface area (Å²) in [6.07, 6.45) is -0.472. The zero-order valence-electron chi connectivity index (χ0n) is 9.80. The number of hydrogen-bond acceptors (Lipinski definition) is 6. The predicted octanol–water partition coefficient (Wildman–Crippen LogP) is 1.49. The zero-order valence-corrected chi connectivity index (χ0v) is 9.80. The molecule has 0 fully saturated rings. The lowest BCUT2D eigenvalue weighted by molar-refractivity contribution is -0.970. The van der Waals surface area contributed by atoms with Crippen molar-refractivity contribution in [2.45, 2.75) is 25.0 Å². The molecule has 0 saturated carbocycles. The lowest BCUT2D eigenvalue weighted by Gasteiger charge is -2.08. The Balaban J connectivity index is 2.77. The van der Waals surface area contributed by atoms with E-state index in [4.69, 9.17) is 0 Å². The molecule has 102 valence electrons. The van der Waals surface area contributed by atoms with Crippen LogP contribution in [0.5, 0.6) is 0 Å². The molecular weight excluding hydrogens is 258 g/mol. The first-order valence-corrected chi connectivity index (χ1v) is 5.38. The Labute approximate surface area is 107 Å². The van der Waals surface area contributed by atoms with Crippen LogP contribution in [0.25, 0.3) is 0 Å². The van der Waals surface area contributed by atoms with Crippen molar-refractivity contribution in [1.29, 1.82) is 0 Å². The van der Waals surface area contributed by atoms with Crippen LogP contribution in [0.4, 0.5) is 0 Å². The van der Waals surface area contributed by atoms with E-state index in [0.29, 0.717) is 6.42 Å². The maximum Gasteiger partial charge on any atom is 0.699 e. The fraction of sp³-hybridized carbons (Fsp3) is 0.400. The number of hydrogen-bond donors (Lipinski definition) is 0. The average Bonchev–Trinajstić information content (AvgIpc) is 2.34. The third kappa shape index (κ3) is 3.00. The molecule has 19 heavy (non-hydrogen) atoms. The molecule has 0 aliphatic rings. The van der Waals surface area contributed by atoms with Gasteiger partial charge in [-0.3, -0.25) is 30.3 Å². The molecule has 9 nitrogen and oxygen atoms in total. The molecule has 0 aliphatic carbocycles. The van der Waals surface area contributed by atoms with Crippen LogP contribution in [0.2, 0.25) is 0 Å². The van der Waals surface area contributed by atoms with E-state index >= 15 is 0 Å². The van der Waals surface area contributed by atoms with E-state index in [1.807, 2.05) is 0 Å². The molecule has 9 heteroatoms. The monoisotopic (exact) mass is 269 g/mol. The van der Waals surface area contributed by atoms with Crippen molar-refractivity contribution in [2.75, 3.05) is 0 Å². The summed E-state index contributed by atoms with van der Waals surface area (Å²) >= 11 is 0. The molecule has 1 aromatic rings. The number of aryl methyl sites for hydroxylation is 1. The van der Waals surface area contributed by atoms with Crippen molar-refractivity contribution in [2.24, 2.45) is 0 Å². The van der Waals surface area contributed by atoms with Crippen LogP contribution in [0.1, 0.15) is 18.4 Å². The molecule has 0 spiro atoms. The van der Waals surface area contributed by atoms with Gasteiger partial charge in [0.1, 0.15) is 0 Å². The molecule has 0 atom stereocenters. The van der Waals surface area contributed by atoms with Gasteiger partial charge in [0, 0.05) is 0 Å². The van der Waals surface area contributed by atoms with Crippen LogP contribution in [-0.2, 0) is 6.42 Å². The van der Waals surface area contributed by atoms with Crippen LogP contribution in [0, 0.1) is 30.3 Å². The van der Waals surface area contributed by atoms with E-state index in [1.54, 1.807) is 30.3 Å². The molecule has 0 heterocycles. The van der Waals surface area contributed by atoms with Gasteiger partial charge in [-0.05, 0) is 18.4 Å². The highest BCUT2D eigenvalue weighted by molar-refractivity contribution is 5.14. The van der Waals surface area contributed by atoms with Crippen molar-refractivity contribution >= 4 is 0 Å². The number of nitro groups is 3. The third-order valence-corrected chi connectivity index (χ3v) is 2.70. The summed E-state index contributed by atoms with van der Waals surface area (Å²) in [6, 6.07) is 8.76. The number of rotatable bonds is 7. The second-order valence-corrected chi connectivity index (χ2v) is 3.88. The van der Waals surface area contributed by atoms with Gasteiger partial charge < -0.3 is 0 Å². The summed E-state index contributed by atoms with van der Waals surface area (Å²) in [4.78, 5) is 27.7. The Morgan fingerprint density at radius 2 is 1.37 bits per heavy atom. The first-order chi connectivity index (χ1) is 8.91. The van der Waals surface area contributed by atoms with E-state index in [2.05, 4.69) is 0 Å². The van der Waals surface area contributed by atoms with Crippen molar-refractivity contribution in [1.82, 2.24) is 0 Å². The van der Waals surface area contributed by atoms with E-state index in [9.17, 15) is 30.3 Å². The fourth-order valence-electron chi connectivity index (χ4n) is 1.65. The fourth-order valence-corrected chi connectivity index (χ4v) is 1.65. The lowest BCUT2D eigenvalue weighted by atomic mass is 10.1. The second kappa shape index (κ2) is 5.85. The zero-order chi connectivity index (χ0) is 14.5. The maximum atomic E-state index is 10.7. The summed E-state index contributed by atoms with van der Waals surface area (Å²) in [5.41, 5.74) is 0.812. The topological polar surface area (TPSA) is 129 Å². The summed E-state index contributed by atoms with van der Waals surface area (Å²) in [5.74, 6) is -3.35. The first-order valence-electron chi connectivity index (χ1n) is 5.38. The molecule has 0 amide bonds. The van der Waals surface area contributed by atoms with Crippen LogP contribution in [0.3, 0.4) is 0 Å². The predicted molar refractivity (Wildman–Crippen MR) is 63.1 cm³/mol. The largest absolute Gasteiger partial charge is 0.699 e. The van der Waals surface area contributed by atoms with Crippen LogP contribution < -0.4 is 0 Å². The molecule has 0 N–H and O–H groups in total. The first kappa shape index (κ1) is 14.5. The minimum Gasteiger partial charge on any atom is -0.253 e. The molecule has 0 aromatic heterocycles. The van der Waals surface area contributed by atoms with Crippen LogP contribution >= 0.6 is 0 Å². The standard InChI is InChI=1S/C10H11N3O6/c14-11(15)10(12(16)17,13(18)19)8-4-7-9-5-2-1-3-6-9/h1-3,5-6H,4,7-8H2. The maximum absolute atomic E-state index is 10.7. The lowest BCUT2D eigenvalue weighted by Crippen LogP contribution is -2.53. The molecule has 1 rings (SSSR count). The van der Waals surface area contributed by atoms with E-state index < -0.39 is 27.0 Å². The highest BCUT2D eigenvalue weighted by Crippen LogP contribution is 2.20. The number of benzene rings is 1. The van der Waals surface area contributed by atoms with E-state index in [-0.39, 0.29) is 6.42 Å². The van der Waals surface area contributed by atoms with E-state index in [0.717, 1.165) is 5.56 Å². The molecule has 0 bridgehead atoms. The molecular formula is C10H11N3O6. The SMILES string of the molecule is O=[N+]([O-])C(CCCc1ccccc1)([N+](=O)[O-])[N+](=O)[O-]. The van der Waals surface area contributed by atoms with Crippen molar-refractivity contribution in [3.63, 3.8) is 0 Å². The van der Waals surface area contributed by atoms with Crippen LogP contribution in [0.15, 0.2) is 30.3 Å². The van der Waals surface area contributed by atoms with Gasteiger partial charge in [-0.25, -0.2) is 0 Å². The van der Waals surface area contributed by atoms with E-state index in [1.165, 1.54) is 0 Å². The van der Waals surface area contributed by atoms with Gasteiger partial charge in [0.2, 0.25) is 0 Å². The van der Waals surface area contributed by atoms with Crippen molar-refractivity contribution < 1.29 is 14.8 Å². The highest BCUT2D eigenvalue weighted by atomic mass is 16.7. The second-order valence-electron chi connectivity index (χ2n) is 3.88. The Morgan fingerprint density at radius 3 is 1.79 bits per heavy atom. The molecule has 0 unspecified atom stereocenters. The Hall–Kier alpha value is -2.58. The van der Waals surface area contributed by atoms with Gasteiger partial charge in [0.05, 0.1) is 0 Å². The summed E-state index contributed by atoms with van der Waals surface area (Å²) in [6.45, 7) is 0. The minimum absolute atomic E-state index is 0.0209. The smallest absolute Gasteiger partial charge is 0.253 e. The van der Waals surface area contributed by atoms with Gasteiger partial charge in [-0.1, -0.05) is 30.3 Å². The number of nitrogens with zero attached hydrogens (tertiary/aromatic N) is 3. The van der Waals surface area contributed by atoms with Crippen LogP contribution in [-0.4, -0.2) is 20.6 Å². The average molecular weight is 269 g/mol. The Kier molecular flexibility index (Phi) is 4.46. The third-order valence-electron chi connectivity index (χ3n) is 2.70. The summed E-state index contributed by atoms with van der Waals surface area (Å²) in [7, 11) is 0.